The van der Waals surface area contributed by atoms with Crippen molar-refractivity contribution in [2.24, 2.45) is 0 Å². The fourth-order valence-corrected chi connectivity index (χ4v) is 4.19. The number of thioether (sulfide) groups is 1. The quantitative estimate of drug-likeness (QED) is 0.277. The SMILES string of the molecule is CC(=O)Nc1cccc(-n2c(SC(C)C(=O)Nc3ccc(F)c([N+](=O)[O-])c3)nnc2C2CC2)c1. The van der Waals surface area contributed by atoms with Crippen LogP contribution in [-0.2, 0) is 9.59 Å². The van der Waals surface area contributed by atoms with Gasteiger partial charge >= 0.3 is 5.69 Å². The van der Waals surface area contributed by atoms with E-state index < -0.39 is 27.6 Å². The van der Waals surface area contributed by atoms with E-state index in [2.05, 4.69) is 20.8 Å². The molecule has 10 nitrogen and oxygen atoms in total. The Balaban J connectivity index is 1.56. The van der Waals surface area contributed by atoms with Crippen LogP contribution in [0, 0.1) is 15.9 Å². The van der Waals surface area contributed by atoms with Crippen molar-refractivity contribution in [1.29, 1.82) is 0 Å². The van der Waals surface area contributed by atoms with Gasteiger partial charge in [-0.1, -0.05) is 17.8 Å². The molecule has 1 fully saturated rings. The normalized spacial score (nSPS) is 13.9. The number of nitrogens with zero attached hydrogens (tertiary/aromatic N) is 4. The fourth-order valence-electron chi connectivity index (χ4n) is 3.32. The summed E-state index contributed by atoms with van der Waals surface area (Å²) in [7, 11) is 0. The van der Waals surface area contributed by atoms with Crippen LogP contribution in [0.5, 0.6) is 0 Å². The Morgan fingerprint density at radius 1 is 1.18 bits per heavy atom. The minimum atomic E-state index is -0.979. The third-order valence-corrected chi connectivity index (χ3v) is 6.13. The molecule has 1 atom stereocenters. The van der Waals surface area contributed by atoms with Gasteiger partial charge in [-0.15, -0.1) is 10.2 Å². The maximum Gasteiger partial charge on any atom is 0.306 e. The topological polar surface area (TPSA) is 132 Å². The van der Waals surface area contributed by atoms with Gasteiger partial charge in [-0.3, -0.25) is 24.3 Å². The Labute approximate surface area is 198 Å². The highest BCUT2D eigenvalue weighted by atomic mass is 32.2. The van der Waals surface area contributed by atoms with Gasteiger partial charge in [0.15, 0.2) is 5.16 Å². The van der Waals surface area contributed by atoms with Gasteiger partial charge in [0, 0.05) is 30.3 Å². The van der Waals surface area contributed by atoms with E-state index in [1.165, 1.54) is 24.8 Å². The summed E-state index contributed by atoms with van der Waals surface area (Å²) in [5, 5.41) is 24.8. The Hall–Kier alpha value is -3.80. The molecular weight excluding hydrogens is 463 g/mol. The average molecular weight is 485 g/mol. The van der Waals surface area contributed by atoms with E-state index in [4.69, 9.17) is 0 Å². The zero-order chi connectivity index (χ0) is 24.4. The van der Waals surface area contributed by atoms with Gasteiger partial charge in [0.05, 0.1) is 15.9 Å². The highest BCUT2D eigenvalue weighted by Gasteiger charge is 2.32. The third kappa shape index (κ3) is 5.22. The van der Waals surface area contributed by atoms with Crippen molar-refractivity contribution in [3.05, 3.63) is 64.2 Å². The molecule has 2 amide bonds. The first kappa shape index (κ1) is 23.4. The fraction of sp³-hybridized carbons (Fsp3) is 0.273. The molecule has 2 aromatic carbocycles. The summed E-state index contributed by atoms with van der Waals surface area (Å²) in [6, 6.07) is 10.4. The summed E-state index contributed by atoms with van der Waals surface area (Å²) >= 11 is 1.17. The molecule has 0 radical (unpaired) electrons. The summed E-state index contributed by atoms with van der Waals surface area (Å²) in [4.78, 5) is 34.3. The maximum atomic E-state index is 13.6. The standard InChI is InChI=1S/C22H21FN6O4S/c1-12(21(31)25-16-8-9-18(23)19(11-16)29(32)33)34-22-27-26-20(14-6-7-14)28(22)17-5-3-4-15(10-17)24-13(2)30/h3-5,8-12,14H,6-7H2,1-2H3,(H,24,30)(H,25,31). The van der Waals surface area contributed by atoms with Gasteiger partial charge in [-0.2, -0.15) is 4.39 Å². The lowest BCUT2D eigenvalue weighted by atomic mass is 10.2. The van der Waals surface area contributed by atoms with E-state index in [1.54, 1.807) is 13.0 Å². The number of hydrogen-bond acceptors (Lipinski definition) is 7. The van der Waals surface area contributed by atoms with Gasteiger partial charge in [0.25, 0.3) is 0 Å². The maximum absolute atomic E-state index is 13.6. The van der Waals surface area contributed by atoms with Crippen molar-refractivity contribution in [2.45, 2.75) is 43.0 Å². The molecular formula is C22H21FN6O4S. The number of carbonyl (C=O) groups is 2. The number of amides is 2. The van der Waals surface area contributed by atoms with Crippen LogP contribution in [0.3, 0.4) is 0 Å². The highest BCUT2D eigenvalue weighted by Crippen LogP contribution is 2.41. The summed E-state index contributed by atoms with van der Waals surface area (Å²) in [5.74, 6) is -0.545. The second-order valence-corrected chi connectivity index (χ2v) is 9.16. The molecule has 1 aliphatic carbocycles. The molecule has 2 N–H and O–H groups in total. The van der Waals surface area contributed by atoms with Crippen LogP contribution in [0.4, 0.5) is 21.5 Å². The van der Waals surface area contributed by atoms with Gasteiger partial charge in [-0.25, -0.2) is 0 Å². The van der Waals surface area contributed by atoms with Crippen LogP contribution in [0.2, 0.25) is 0 Å². The second kappa shape index (κ2) is 9.59. The lowest BCUT2D eigenvalue weighted by Gasteiger charge is -2.14. The average Bonchev–Trinajstić information content (AvgIpc) is 3.54. The number of nitro groups is 1. The van der Waals surface area contributed by atoms with Crippen molar-refractivity contribution >= 4 is 40.6 Å². The summed E-state index contributed by atoms with van der Waals surface area (Å²) in [6.45, 7) is 3.10. The number of benzene rings is 2. The molecule has 34 heavy (non-hydrogen) atoms. The summed E-state index contributed by atoms with van der Waals surface area (Å²) in [5.41, 5.74) is 0.780. The lowest BCUT2D eigenvalue weighted by molar-refractivity contribution is -0.387. The zero-order valence-electron chi connectivity index (χ0n) is 18.3. The molecule has 1 heterocycles. The van der Waals surface area contributed by atoms with Gasteiger partial charge in [0.2, 0.25) is 17.6 Å². The Bertz CT molecular complexity index is 1280. The second-order valence-electron chi connectivity index (χ2n) is 7.85. The van der Waals surface area contributed by atoms with Crippen LogP contribution in [0.25, 0.3) is 5.69 Å². The predicted molar refractivity (Wildman–Crippen MR) is 125 cm³/mol. The molecule has 12 heteroatoms. The molecule has 0 bridgehead atoms. The van der Waals surface area contributed by atoms with Crippen LogP contribution >= 0.6 is 11.8 Å². The first-order valence-corrected chi connectivity index (χ1v) is 11.4. The zero-order valence-corrected chi connectivity index (χ0v) is 19.1. The number of nitrogens with one attached hydrogen (secondary N) is 2. The minimum absolute atomic E-state index is 0.119. The van der Waals surface area contributed by atoms with Gasteiger partial charge in [0.1, 0.15) is 5.82 Å². The number of aromatic nitrogens is 3. The highest BCUT2D eigenvalue weighted by molar-refractivity contribution is 8.00. The van der Waals surface area contributed by atoms with Crippen molar-refractivity contribution in [2.75, 3.05) is 10.6 Å². The van der Waals surface area contributed by atoms with E-state index >= 15 is 0 Å². The third-order valence-electron chi connectivity index (χ3n) is 5.09. The largest absolute Gasteiger partial charge is 0.326 e. The Kier molecular flexibility index (Phi) is 6.59. The Morgan fingerprint density at radius 2 is 1.91 bits per heavy atom. The van der Waals surface area contributed by atoms with Gasteiger partial charge < -0.3 is 10.6 Å². The first-order valence-electron chi connectivity index (χ1n) is 10.5. The van der Waals surface area contributed by atoms with Gasteiger partial charge in [-0.05, 0) is 50.1 Å². The van der Waals surface area contributed by atoms with Crippen LogP contribution in [0.1, 0.15) is 38.4 Å². The molecule has 0 saturated heterocycles. The molecule has 1 unspecified atom stereocenters. The van der Waals surface area contributed by atoms with E-state index in [9.17, 15) is 24.1 Å². The van der Waals surface area contributed by atoms with Crippen LogP contribution < -0.4 is 10.6 Å². The number of halogens is 1. The number of carbonyl (C=O) groups excluding carboxylic acids is 2. The van der Waals surface area contributed by atoms with Crippen LogP contribution in [0.15, 0.2) is 47.6 Å². The molecule has 176 valence electrons. The number of anilines is 2. The predicted octanol–water partition coefficient (Wildman–Crippen LogP) is 4.27. The first-order chi connectivity index (χ1) is 16.2. The number of nitro benzene ring substituents is 1. The molecule has 1 aromatic heterocycles. The molecule has 0 aliphatic heterocycles. The molecule has 3 aromatic rings. The van der Waals surface area contributed by atoms with Crippen LogP contribution in [-0.4, -0.2) is 36.8 Å². The van der Waals surface area contributed by atoms with Crippen molar-refractivity contribution in [1.82, 2.24) is 14.8 Å². The summed E-state index contributed by atoms with van der Waals surface area (Å²) in [6.07, 6.45) is 1.99. The van der Waals surface area contributed by atoms with E-state index in [1.807, 2.05) is 22.8 Å². The van der Waals surface area contributed by atoms with E-state index in [-0.39, 0.29) is 17.5 Å². The smallest absolute Gasteiger partial charge is 0.306 e. The Morgan fingerprint density at radius 3 is 2.59 bits per heavy atom. The summed E-state index contributed by atoms with van der Waals surface area (Å²) < 4.78 is 15.5. The monoisotopic (exact) mass is 484 g/mol. The number of rotatable bonds is 8. The van der Waals surface area contributed by atoms with Crippen molar-refractivity contribution in [3.63, 3.8) is 0 Å². The molecule has 1 saturated carbocycles. The van der Waals surface area contributed by atoms with Crippen molar-refractivity contribution < 1.29 is 18.9 Å². The molecule has 0 spiro atoms. The van der Waals surface area contributed by atoms with Crippen molar-refractivity contribution in [3.8, 4) is 5.69 Å². The van der Waals surface area contributed by atoms with E-state index in [0.717, 1.165) is 36.5 Å². The van der Waals surface area contributed by atoms with E-state index in [0.29, 0.717) is 10.8 Å². The molecule has 4 rings (SSSR count). The number of hydrogen-bond donors (Lipinski definition) is 2. The lowest BCUT2D eigenvalue weighted by Crippen LogP contribution is -2.23. The minimum Gasteiger partial charge on any atom is -0.326 e. The molecule has 1 aliphatic rings.